The molecule has 1 fully saturated rings. The van der Waals surface area contributed by atoms with Gasteiger partial charge in [0, 0.05) is 56.9 Å². The Morgan fingerprint density at radius 1 is 0.941 bits per heavy atom. The fourth-order valence-corrected chi connectivity index (χ4v) is 3.87. The Morgan fingerprint density at radius 2 is 1.68 bits per heavy atom. The van der Waals surface area contributed by atoms with Crippen molar-refractivity contribution in [2.24, 2.45) is 7.05 Å². The van der Waals surface area contributed by atoms with Crippen molar-refractivity contribution in [3.05, 3.63) is 78.5 Å². The largest absolute Gasteiger partial charge is 0.352 e. The smallest absolute Gasteiger partial charge is 0.272 e. The van der Waals surface area contributed by atoms with E-state index < -0.39 is 0 Å². The Kier molecular flexibility index (Phi) is 5.86. The second kappa shape index (κ2) is 9.26. The number of piperazine rings is 1. The van der Waals surface area contributed by atoms with Crippen LogP contribution in [0.3, 0.4) is 0 Å². The fraction of sp³-hybridized carbons (Fsp3) is 0.208. The third-order valence-electron chi connectivity index (χ3n) is 5.73. The summed E-state index contributed by atoms with van der Waals surface area (Å²) in [5, 5.41) is 16.2. The van der Waals surface area contributed by atoms with E-state index in [4.69, 9.17) is 0 Å². The van der Waals surface area contributed by atoms with Crippen LogP contribution in [0.1, 0.15) is 10.5 Å². The van der Waals surface area contributed by atoms with Crippen molar-refractivity contribution in [1.82, 2.24) is 29.9 Å². The van der Waals surface area contributed by atoms with Crippen molar-refractivity contribution in [1.29, 1.82) is 0 Å². The van der Waals surface area contributed by atoms with Crippen LogP contribution < -0.4 is 10.2 Å². The van der Waals surface area contributed by atoms with Gasteiger partial charge in [-0.25, -0.2) is 4.39 Å². The number of carbonyl (C=O) groups excluding carboxylic acids is 1. The maximum Gasteiger partial charge on any atom is 0.272 e. The molecule has 0 aliphatic carbocycles. The predicted molar refractivity (Wildman–Crippen MR) is 126 cm³/mol. The SMILES string of the molecule is Cn1nc(-c2ccc(F)cc2)cc1C(=O)N1CCN(c2ccc(Nc3ccncc3)nn2)CC1. The Labute approximate surface area is 195 Å². The molecule has 1 N–H and O–H groups in total. The lowest BCUT2D eigenvalue weighted by Crippen LogP contribution is -2.49. The van der Waals surface area contributed by atoms with Crippen LogP contribution >= 0.6 is 0 Å². The van der Waals surface area contributed by atoms with Crippen LogP contribution in [0.15, 0.2) is 67.0 Å². The topological polar surface area (TPSA) is 92.1 Å². The van der Waals surface area contributed by atoms with Gasteiger partial charge < -0.3 is 15.1 Å². The van der Waals surface area contributed by atoms with Crippen LogP contribution in [-0.4, -0.2) is 61.9 Å². The van der Waals surface area contributed by atoms with Gasteiger partial charge in [0.15, 0.2) is 11.6 Å². The first-order valence-corrected chi connectivity index (χ1v) is 10.9. The van der Waals surface area contributed by atoms with Crippen molar-refractivity contribution in [3.8, 4) is 11.3 Å². The number of anilines is 3. The lowest BCUT2D eigenvalue weighted by molar-refractivity contribution is 0.0735. The van der Waals surface area contributed by atoms with Gasteiger partial charge in [0.2, 0.25) is 0 Å². The zero-order chi connectivity index (χ0) is 23.5. The quantitative estimate of drug-likeness (QED) is 0.491. The average molecular weight is 459 g/mol. The molecule has 1 aromatic carbocycles. The van der Waals surface area contributed by atoms with E-state index in [-0.39, 0.29) is 11.7 Å². The van der Waals surface area contributed by atoms with Crippen molar-refractivity contribution in [2.45, 2.75) is 0 Å². The minimum Gasteiger partial charge on any atom is -0.352 e. The van der Waals surface area contributed by atoms with Crippen LogP contribution in [0.5, 0.6) is 0 Å². The lowest BCUT2D eigenvalue weighted by atomic mass is 10.1. The van der Waals surface area contributed by atoms with Crippen LogP contribution in [0, 0.1) is 5.82 Å². The zero-order valence-corrected chi connectivity index (χ0v) is 18.6. The lowest BCUT2D eigenvalue weighted by Gasteiger charge is -2.35. The molecule has 0 spiro atoms. The fourth-order valence-electron chi connectivity index (χ4n) is 3.87. The van der Waals surface area contributed by atoms with E-state index in [9.17, 15) is 9.18 Å². The molecule has 34 heavy (non-hydrogen) atoms. The van der Waals surface area contributed by atoms with Crippen molar-refractivity contribution >= 4 is 23.2 Å². The molecule has 1 aliphatic rings. The highest BCUT2D eigenvalue weighted by Crippen LogP contribution is 2.21. The van der Waals surface area contributed by atoms with Crippen LogP contribution in [-0.2, 0) is 7.05 Å². The summed E-state index contributed by atoms with van der Waals surface area (Å²) in [6, 6.07) is 15.4. The average Bonchev–Trinajstić information content (AvgIpc) is 3.27. The second-order valence-electron chi connectivity index (χ2n) is 7.96. The molecule has 172 valence electrons. The minimum atomic E-state index is -0.307. The maximum atomic E-state index is 13.2. The summed E-state index contributed by atoms with van der Waals surface area (Å²) in [5.41, 5.74) is 2.79. The van der Waals surface area contributed by atoms with Gasteiger partial charge in [-0.1, -0.05) is 0 Å². The van der Waals surface area contributed by atoms with Crippen molar-refractivity contribution < 1.29 is 9.18 Å². The summed E-state index contributed by atoms with van der Waals surface area (Å²) >= 11 is 0. The molecule has 1 aliphatic heterocycles. The van der Waals surface area contributed by atoms with Crippen molar-refractivity contribution in [2.75, 3.05) is 36.4 Å². The molecule has 0 radical (unpaired) electrons. The Balaban J connectivity index is 1.20. The Bertz CT molecular complexity index is 1270. The highest BCUT2D eigenvalue weighted by Gasteiger charge is 2.25. The van der Waals surface area contributed by atoms with Gasteiger partial charge in [-0.3, -0.25) is 14.5 Å². The molecule has 1 saturated heterocycles. The molecule has 1 amide bonds. The minimum absolute atomic E-state index is 0.0778. The van der Waals surface area contributed by atoms with Crippen LogP contribution in [0.25, 0.3) is 11.3 Å². The third kappa shape index (κ3) is 4.56. The number of aryl methyl sites for hydroxylation is 1. The van der Waals surface area contributed by atoms with E-state index in [0.29, 0.717) is 43.4 Å². The van der Waals surface area contributed by atoms with E-state index in [1.807, 2.05) is 29.2 Å². The van der Waals surface area contributed by atoms with E-state index in [1.54, 1.807) is 42.3 Å². The summed E-state index contributed by atoms with van der Waals surface area (Å²) in [7, 11) is 1.74. The van der Waals surface area contributed by atoms with Crippen LogP contribution in [0.2, 0.25) is 0 Å². The molecule has 0 unspecified atom stereocenters. The number of amides is 1. The van der Waals surface area contributed by atoms with Crippen LogP contribution in [0.4, 0.5) is 21.7 Å². The number of halogens is 1. The summed E-state index contributed by atoms with van der Waals surface area (Å²) in [6.45, 7) is 2.43. The molecule has 9 nitrogen and oxygen atoms in total. The number of benzene rings is 1. The standard InChI is InChI=1S/C24H23FN8O/c1-31-21(16-20(30-31)17-2-4-18(25)5-3-17)24(34)33-14-12-32(13-15-33)23-7-6-22(28-29-23)27-19-8-10-26-11-9-19/h2-11,16H,12-15H2,1H3,(H,26,27,28). The van der Waals surface area contributed by atoms with E-state index in [2.05, 4.69) is 30.5 Å². The summed E-state index contributed by atoms with van der Waals surface area (Å²) < 4.78 is 14.8. The highest BCUT2D eigenvalue weighted by molar-refractivity contribution is 5.94. The third-order valence-corrected chi connectivity index (χ3v) is 5.73. The van der Waals surface area contributed by atoms with Gasteiger partial charge in [-0.05, 0) is 54.6 Å². The van der Waals surface area contributed by atoms with E-state index >= 15 is 0 Å². The van der Waals surface area contributed by atoms with Gasteiger partial charge in [-0.15, -0.1) is 10.2 Å². The summed E-state index contributed by atoms with van der Waals surface area (Å²) in [6.07, 6.45) is 3.42. The van der Waals surface area contributed by atoms with Gasteiger partial charge >= 0.3 is 0 Å². The van der Waals surface area contributed by atoms with E-state index in [0.717, 1.165) is 17.1 Å². The molecular formula is C24H23FN8O. The normalized spacial score (nSPS) is 13.7. The molecular weight excluding hydrogens is 435 g/mol. The molecule has 3 aromatic heterocycles. The number of nitrogens with zero attached hydrogens (tertiary/aromatic N) is 7. The Morgan fingerprint density at radius 3 is 2.35 bits per heavy atom. The molecule has 0 bridgehead atoms. The number of pyridine rings is 1. The Hall–Kier alpha value is -4.34. The van der Waals surface area contributed by atoms with Gasteiger partial charge in [0.05, 0.1) is 5.69 Å². The molecule has 4 heterocycles. The molecule has 4 aromatic rings. The summed E-state index contributed by atoms with van der Waals surface area (Å²) in [4.78, 5) is 21.0. The molecule has 10 heteroatoms. The molecule has 5 rings (SSSR count). The number of rotatable bonds is 5. The number of nitrogens with one attached hydrogen (secondary N) is 1. The van der Waals surface area contributed by atoms with E-state index in [1.165, 1.54) is 12.1 Å². The molecule has 0 atom stereocenters. The number of aromatic nitrogens is 5. The second-order valence-corrected chi connectivity index (χ2v) is 7.96. The predicted octanol–water partition coefficient (Wildman–Crippen LogP) is 3.12. The maximum absolute atomic E-state index is 13.2. The zero-order valence-electron chi connectivity index (χ0n) is 18.6. The highest BCUT2D eigenvalue weighted by atomic mass is 19.1. The first-order chi connectivity index (χ1) is 16.6. The first kappa shape index (κ1) is 21.5. The molecule has 0 saturated carbocycles. The number of carbonyl (C=O) groups is 1. The summed E-state index contributed by atoms with van der Waals surface area (Å²) in [5.74, 6) is 1.03. The monoisotopic (exact) mass is 458 g/mol. The van der Waals surface area contributed by atoms with Gasteiger partial charge in [0.1, 0.15) is 11.5 Å². The first-order valence-electron chi connectivity index (χ1n) is 10.9. The van der Waals surface area contributed by atoms with Gasteiger partial charge in [0.25, 0.3) is 5.91 Å². The van der Waals surface area contributed by atoms with Gasteiger partial charge in [-0.2, -0.15) is 5.10 Å². The number of hydrogen-bond donors (Lipinski definition) is 1. The number of hydrogen-bond acceptors (Lipinski definition) is 7. The van der Waals surface area contributed by atoms with Crippen molar-refractivity contribution in [3.63, 3.8) is 0 Å².